The van der Waals surface area contributed by atoms with Gasteiger partial charge in [0, 0.05) is 6.20 Å². The van der Waals surface area contributed by atoms with Crippen molar-refractivity contribution in [3.8, 4) is 5.75 Å². The summed E-state index contributed by atoms with van der Waals surface area (Å²) in [5.41, 5.74) is -0.00471. The number of para-hydroxylation sites is 1. The molecule has 0 aliphatic carbocycles. The Morgan fingerprint density at radius 1 is 1.24 bits per heavy atom. The zero-order valence-electron chi connectivity index (χ0n) is 10.7. The number of hydrogen-bond acceptors (Lipinski definition) is 5. The van der Waals surface area contributed by atoms with Gasteiger partial charge in [0.2, 0.25) is 0 Å². The van der Waals surface area contributed by atoms with E-state index >= 15 is 0 Å². The van der Waals surface area contributed by atoms with Gasteiger partial charge in [0.1, 0.15) is 17.1 Å². The van der Waals surface area contributed by atoms with Crippen LogP contribution >= 0.6 is 11.6 Å². The van der Waals surface area contributed by atoms with Crippen LogP contribution in [0.5, 0.6) is 5.75 Å². The van der Waals surface area contributed by atoms with Gasteiger partial charge in [-0.2, -0.15) is 0 Å². The lowest BCUT2D eigenvalue weighted by Crippen LogP contribution is -2.21. The van der Waals surface area contributed by atoms with Gasteiger partial charge >= 0.3 is 5.97 Å². The minimum atomic E-state index is -0.785. The van der Waals surface area contributed by atoms with Gasteiger partial charge < -0.3 is 15.2 Å². The fourth-order valence-electron chi connectivity index (χ4n) is 1.48. The first-order valence-electron chi connectivity index (χ1n) is 5.93. The first-order chi connectivity index (χ1) is 10.1. The predicted molar refractivity (Wildman–Crippen MR) is 76.3 cm³/mol. The zero-order valence-corrected chi connectivity index (χ0v) is 11.5. The molecule has 0 fully saturated rings. The van der Waals surface area contributed by atoms with Crippen LogP contribution in [0.2, 0.25) is 5.02 Å². The number of ether oxygens (including phenoxy) is 1. The quantitative estimate of drug-likeness (QED) is 0.846. The summed E-state index contributed by atoms with van der Waals surface area (Å²) in [7, 11) is 0. The molecule has 2 N–H and O–H groups in total. The van der Waals surface area contributed by atoms with Crippen molar-refractivity contribution in [2.24, 2.45) is 0 Å². The number of halogens is 1. The molecule has 0 aliphatic heterocycles. The van der Waals surface area contributed by atoms with E-state index < -0.39 is 18.5 Å². The van der Waals surface area contributed by atoms with Gasteiger partial charge in [0.15, 0.2) is 6.61 Å². The second-order valence-electron chi connectivity index (χ2n) is 4.00. The van der Waals surface area contributed by atoms with Crippen molar-refractivity contribution >= 4 is 29.3 Å². The number of benzene rings is 1. The smallest absolute Gasteiger partial charge is 0.342 e. The fraction of sp³-hybridized carbons (Fsp3) is 0.0714. The van der Waals surface area contributed by atoms with Crippen LogP contribution in [0.15, 0.2) is 42.6 Å². The molecule has 2 aromatic rings. The third-order valence-electron chi connectivity index (χ3n) is 2.45. The van der Waals surface area contributed by atoms with Crippen LogP contribution in [0.1, 0.15) is 10.4 Å². The van der Waals surface area contributed by atoms with Gasteiger partial charge in [-0.25, -0.2) is 9.78 Å². The Kier molecular flexibility index (Phi) is 4.73. The monoisotopic (exact) mass is 306 g/mol. The van der Waals surface area contributed by atoms with Crippen LogP contribution < -0.4 is 5.32 Å². The van der Waals surface area contributed by atoms with Crippen molar-refractivity contribution in [2.75, 3.05) is 11.9 Å². The maximum Gasteiger partial charge on any atom is 0.342 e. The predicted octanol–water partition coefficient (Wildman–Crippen LogP) is 2.24. The summed E-state index contributed by atoms with van der Waals surface area (Å²) in [6.45, 7) is -0.489. The minimum Gasteiger partial charge on any atom is -0.507 e. The summed E-state index contributed by atoms with van der Waals surface area (Å²) in [5.74, 6) is -1.24. The van der Waals surface area contributed by atoms with E-state index in [9.17, 15) is 14.7 Å². The Hall–Kier alpha value is -2.60. The highest BCUT2D eigenvalue weighted by molar-refractivity contribution is 6.30. The summed E-state index contributed by atoms with van der Waals surface area (Å²) >= 11 is 5.67. The van der Waals surface area contributed by atoms with E-state index in [1.165, 1.54) is 24.4 Å². The summed E-state index contributed by atoms with van der Waals surface area (Å²) < 4.78 is 4.80. The molecule has 0 saturated carbocycles. The molecule has 0 saturated heterocycles. The Balaban J connectivity index is 1.88. The molecule has 2 rings (SSSR count). The number of rotatable bonds is 4. The number of pyridine rings is 1. The molecular weight excluding hydrogens is 296 g/mol. The molecule has 1 aromatic heterocycles. The number of nitrogens with zero attached hydrogens (tertiary/aromatic N) is 1. The first-order valence-corrected chi connectivity index (χ1v) is 6.30. The number of carbonyl (C=O) groups is 2. The lowest BCUT2D eigenvalue weighted by atomic mass is 10.2. The highest BCUT2D eigenvalue weighted by atomic mass is 35.5. The van der Waals surface area contributed by atoms with Crippen LogP contribution in [0, 0.1) is 0 Å². The van der Waals surface area contributed by atoms with E-state index in [0.29, 0.717) is 10.8 Å². The zero-order chi connectivity index (χ0) is 15.2. The molecule has 0 unspecified atom stereocenters. The highest BCUT2D eigenvalue weighted by Crippen LogP contribution is 2.16. The molecule has 21 heavy (non-hydrogen) atoms. The number of amides is 1. The lowest BCUT2D eigenvalue weighted by Gasteiger charge is -2.07. The van der Waals surface area contributed by atoms with Crippen LogP contribution in [0.3, 0.4) is 0 Å². The van der Waals surface area contributed by atoms with Crippen molar-refractivity contribution in [3.05, 3.63) is 53.2 Å². The van der Waals surface area contributed by atoms with Crippen LogP contribution in [0.25, 0.3) is 0 Å². The number of carbonyl (C=O) groups excluding carboxylic acids is 2. The van der Waals surface area contributed by atoms with Crippen molar-refractivity contribution in [3.63, 3.8) is 0 Å². The molecule has 0 radical (unpaired) electrons. The fourth-order valence-corrected chi connectivity index (χ4v) is 1.60. The number of esters is 1. The molecule has 0 spiro atoms. The summed E-state index contributed by atoms with van der Waals surface area (Å²) in [4.78, 5) is 27.1. The highest BCUT2D eigenvalue weighted by Gasteiger charge is 2.13. The van der Waals surface area contributed by atoms with Crippen molar-refractivity contribution in [2.45, 2.75) is 0 Å². The van der Waals surface area contributed by atoms with Gasteiger partial charge in [0.05, 0.1) is 5.02 Å². The molecule has 0 aliphatic rings. The lowest BCUT2D eigenvalue weighted by molar-refractivity contribution is -0.119. The van der Waals surface area contributed by atoms with Crippen LogP contribution in [-0.4, -0.2) is 28.6 Å². The van der Waals surface area contributed by atoms with Crippen LogP contribution in [0.4, 0.5) is 5.82 Å². The minimum absolute atomic E-state index is 0.00471. The number of hydrogen-bond donors (Lipinski definition) is 2. The van der Waals surface area contributed by atoms with Gasteiger partial charge in [0.25, 0.3) is 5.91 Å². The Morgan fingerprint density at radius 2 is 2.00 bits per heavy atom. The topological polar surface area (TPSA) is 88.5 Å². The summed E-state index contributed by atoms with van der Waals surface area (Å²) in [5, 5.41) is 12.4. The van der Waals surface area contributed by atoms with Gasteiger partial charge in [-0.05, 0) is 24.3 Å². The summed E-state index contributed by atoms with van der Waals surface area (Å²) in [6, 6.07) is 8.99. The third-order valence-corrected chi connectivity index (χ3v) is 2.68. The van der Waals surface area contributed by atoms with E-state index in [4.69, 9.17) is 16.3 Å². The number of anilines is 1. The van der Waals surface area contributed by atoms with Crippen molar-refractivity contribution in [1.82, 2.24) is 4.98 Å². The molecule has 1 heterocycles. The third kappa shape index (κ3) is 4.19. The van der Waals surface area contributed by atoms with E-state index in [1.807, 2.05) is 0 Å². The Morgan fingerprint density at radius 3 is 2.67 bits per heavy atom. The number of phenolic OH excluding ortho intramolecular Hbond substituents is 1. The van der Waals surface area contributed by atoms with E-state index in [-0.39, 0.29) is 11.3 Å². The van der Waals surface area contributed by atoms with Crippen molar-refractivity contribution in [1.29, 1.82) is 0 Å². The largest absolute Gasteiger partial charge is 0.507 e. The number of phenols is 1. The first kappa shape index (κ1) is 14.8. The number of aromatic nitrogens is 1. The average molecular weight is 307 g/mol. The Labute approximate surface area is 125 Å². The number of nitrogens with one attached hydrogen (secondary N) is 1. The molecular formula is C14H11ClN2O4. The maximum atomic E-state index is 11.7. The van der Waals surface area contributed by atoms with Crippen molar-refractivity contribution < 1.29 is 19.4 Å². The SMILES string of the molecule is O=C(COC(=O)c1ccccc1O)Nc1ccc(Cl)cn1. The Bertz CT molecular complexity index is 658. The standard InChI is InChI=1S/C14H11ClN2O4/c15-9-5-6-12(16-7-9)17-13(19)8-21-14(20)10-3-1-2-4-11(10)18/h1-7,18H,8H2,(H,16,17,19). The molecule has 0 bridgehead atoms. The van der Waals surface area contributed by atoms with E-state index in [0.717, 1.165) is 0 Å². The normalized spacial score (nSPS) is 9.95. The van der Waals surface area contributed by atoms with Crippen LogP contribution in [-0.2, 0) is 9.53 Å². The average Bonchev–Trinajstić information content (AvgIpc) is 2.48. The second-order valence-corrected chi connectivity index (χ2v) is 4.44. The summed E-state index contributed by atoms with van der Waals surface area (Å²) in [6.07, 6.45) is 1.38. The van der Waals surface area contributed by atoms with E-state index in [1.54, 1.807) is 18.2 Å². The molecule has 1 amide bonds. The van der Waals surface area contributed by atoms with Gasteiger partial charge in [-0.3, -0.25) is 4.79 Å². The maximum absolute atomic E-state index is 11.7. The van der Waals surface area contributed by atoms with E-state index in [2.05, 4.69) is 10.3 Å². The molecule has 7 heteroatoms. The van der Waals surface area contributed by atoms with Gasteiger partial charge in [-0.15, -0.1) is 0 Å². The molecule has 108 valence electrons. The number of aromatic hydroxyl groups is 1. The molecule has 0 atom stereocenters. The molecule has 6 nitrogen and oxygen atoms in total. The second kappa shape index (κ2) is 6.71. The van der Waals surface area contributed by atoms with Gasteiger partial charge in [-0.1, -0.05) is 23.7 Å². The molecule has 1 aromatic carbocycles.